The number of nitrogens with two attached hydrogens (primary N) is 1. The third-order valence-corrected chi connectivity index (χ3v) is 7.28. The average Bonchev–Trinajstić information content (AvgIpc) is 3.43. The first kappa shape index (κ1) is 37.5. The van der Waals surface area contributed by atoms with Crippen LogP contribution >= 0.6 is 0 Å². The van der Waals surface area contributed by atoms with Crippen LogP contribution in [-0.2, 0) is 16.0 Å². The molecule has 0 saturated heterocycles. The minimum absolute atomic E-state index is 0.0503. The standard InChI is InChI=1S/C33H38N6O6.C2H4O2/c1-6-44-27-18-22(15-16-26(27)45-19-33(2,3)31(42)38(4)5)24(17-20-11-13-21(14-12-20)28(34)35)29-36-32(43)39(37-29)25-10-8-7-9-23(25)30(40)41;1-2(3)4/h7-16,18,24H,6,17,19H2,1-5H3,(H3,34,35)(H,40,41)(H,36,37,43);1H3,(H,3,4). The number of carbonyl (C=O) groups is 3. The second-order valence-corrected chi connectivity index (χ2v) is 11.9. The predicted octanol–water partition coefficient (Wildman–Crippen LogP) is 3.90. The van der Waals surface area contributed by atoms with Crippen LogP contribution < -0.4 is 20.9 Å². The number of para-hydroxylation sites is 1. The van der Waals surface area contributed by atoms with Crippen LogP contribution in [0.5, 0.6) is 11.5 Å². The van der Waals surface area contributed by atoms with Gasteiger partial charge in [-0.3, -0.25) is 20.0 Å². The van der Waals surface area contributed by atoms with Gasteiger partial charge < -0.3 is 30.3 Å². The highest BCUT2D eigenvalue weighted by Gasteiger charge is 2.31. The Balaban J connectivity index is 0.00000154. The molecule has 1 aromatic heterocycles. The number of aliphatic carboxylic acids is 1. The van der Waals surface area contributed by atoms with Gasteiger partial charge in [-0.1, -0.05) is 42.5 Å². The number of aromatic amines is 1. The van der Waals surface area contributed by atoms with E-state index in [2.05, 4.69) is 10.1 Å². The summed E-state index contributed by atoms with van der Waals surface area (Å²) in [4.78, 5) is 51.0. The number of ether oxygens (including phenoxy) is 2. The molecule has 0 aliphatic rings. The van der Waals surface area contributed by atoms with Gasteiger partial charge in [-0.2, -0.15) is 4.68 Å². The summed E-state index contributed by atoms with van der Waals surface area (Å²) < 4.78 is 13.1. The molecule has 0 saturated carbocycles. The van der Waals surface area contributed by atoms with E-state index in [4.69, 9.17) is 30.5 Å². The van der Waals surface area contributed by atoms with E-state index in [-0.39, 0.29) is 29.6 Å². The van der Waals surface area contributed by atoms with Gasteiger partial charge >= 0.3 is 11.7 Å². The molecular formula is C35H42N6O8. The number of carboxylic acid groups (broad SMARTS) is 2. The summed E-state index contributed by atoms with van der Waals surface area (Å²) in [6.45, 7) is 7.03. The first-order valence-electron chi connectivity index (χ1n) is 15.3. The van der Waals surface area contributed by atoms with Crippen LogP contribution in [0, 0.1) is 10.8 Å². The van der Waals surface area contributed by atoms with E-state index in [1.54, 1.807) is 44.4 Å². The number of hydrogen-bond donors (Lipinski definition) is 5. The molecule has 0 fully saturated rings. The number of amides is 1. The molecule has 1 atom stereocenters. The van der Waals surface area contributed by atoms with Crippen LogP contribution in [0.2, 0.25) is 0 Å². The van der Waals surface area contributed by atoms with Crippen molar-refractivity contribution in [3.05, 3.63) is 105 Å². The molecule has 0 aliphatic carbocycles. The maximum absolute atomic E-state index is 13.2. The van der Waals surface area contributed by atoms with E-state index >= 15 is 0 Å². The Morgan fingerprint density at radius 3 is 2.22 bits per heavy atom. The molecule has 0 aliphatic heterocycles. The number of carbonyl (C=O) groups excluding carboxylic acids is 1. The molecule has 14 nitrogen and oxygen atoms in total. The zero-order valence-corrected chi connectivity index (χ0v) is 28.3. The summed E-state index contributed by atoms with van der Waals surface area (Å²) in [6.07, 6.45) is 0.391. The Labute approximate surface area is 283 Å². The Hall–Kier alpha value is -5.92. The van der Waals surface area contributed by atoms with Crippen molar-refractivity contribution in [1.29, 1.82) is 5.41 Å². The van der Waals surface area contributed by atoms with Crippen molar-refractivity contribution in [2.45, 2.75) is 40.0 Å². The van der Waals surface area contributed by atoms with Gasteiger partial charge in [0.05, 0.1) is 23.3 Å². The molecule has 3 aromatic carbocycles. The number of amidine groups is 1. The third kappa shape index (κ3) is 9.79. The smallest absolute Gasteiger partial charge is 0.348 e. The van der Waals surface area contributed by atoms with Gasteiger partial charge in [-0.25, -0.2) is 9.59 Å². The van der Waals surface area contributed by atoms with Gasteiger partial charge in [0.1, 0.15) is 18.3 Å². The van der Waals surface area contributed by atoms with E-state index in [1.165, 1.54) is 17.0 Å². The number of hydrogen-bond acceptors (Lipinski definition) is 8. The summed E-state index contributed by atoms with van der Waals surface area (Å²) in [7, 11) is 3.40. The summed E-state index contributed by atoms with van der Waals surface area (Å²) in [6, 6.07) is 18.8. The molecule has 0 spiro atoms. The minimum atomic E-state index is -1.18. The minimum Gasteiger partial charge on any atom is -0.490 e. The number of H-pyrrole nitrogens is 1. The molecule has 14 heteroatoms. The fourth-order valence-corrected chi connectivity index (χ4v) is 4.98. The summed E-state index contributed by atoms with van der Waals surface area (Å²) in [5, 5.41) is 29.4. The van der Waals surface area contributed by atoms with Crippen LogP contribution in [0.15, 0.2) is 71.5 Å². The number of nitrogens with one attached hydrogen (secondary N) is 2. The van der Waals surface area contributed by atoms with E-state index in [0.29, 0.717) is 35.9 Å². The summed E-state index contributed by atoms with van der Waals surface area (Å²) >= 11 is 0. The van der Waals surface area contributed by atoms with Crippen molar-refractivity contribution in [3.8, 4) is 17.2 Å². The molecule has 4 rings (SSSR count). The first-order chi connectivity index (χ1) is 23.0. The fourth-order valence-electron chi connectivity index (χ4n) is 4.98. The SMILES string of the molecule is CC(=O)O.CCOc1cc(C(Cc2ccc(C(=N)N)cc2)c2nn(-c3ccccc3C(=O)O)c(=O)[nH]2)ccc1OCC(C)(C)C(=O)N(C)C. The molecule has 1 heterocycles. The fraction of sp³-hybridized carbons (Fsp3) is 0.314. The van der Waals surface area contributed by atoms with Crippen LogP contribution in [0.25, 0.3) is 5.69 Å². The number of rotatable bonds is 13. The molecule has 1 amide bonds. The molecule has 0 bridgehead atoms. The third-order valence-electron chi connectivity index (χ3n) is 7.28. The Morgan fingerprint density at radius 2 is 1.65 bits per heavy atom. The molecule has 1 unspecified atom stereocenters. The van der Waals surface area contributed by atoms with Gasteiger partial charge in [0.25, 0.3) is 5.97 Å². The van der Waals surface area contributed by atoms with E-state index in [9.17, 15) is 19.5 Å². The second-order valence-electron chi connectivity index (χ2n) is 11.9. The van der Waals surface area contributed by atoms with Crippen LogP contribution in [0.4, 0.5) is 0 Å². The molecular weight excluding hydrogens is 632 g/mol. The number of nitrogens with zero attached hydrogens (tertiary/aromatic N) is 3. The van der Waals surface area contributed by atoms with E-state index in [1.807, 2.05) is 45.0 Å². The van der Waals surface area contributed by atoms with E-state index in [0.717, 1.165) is 22.7 Å². The average molecular weight is 675 g/mol. The quantitative estimate of drug-likeness (QED) is 0.102. The maximum Gasteiger partial charge on any atom is 0.348 e. The van der Waals surface area contributed by atoms with Crippen molar-refractivity contribution in [2.24, 2.45) is 11.1 Å². The molecule has 260 valence electrons. The lowest BCUT2D eigenvalue weighted by molar-refractivity contribution is -0.139. The monoisotopic (exact) mass is 674 g/mol. The number of carboxylic acids is 2. The van der Waals surface area contributed by atoms with Gasteiger partial charge in [0.2, 0.25) is 5.91 Å². The number of benzene rings is 3. The van der Waals surface area contributed by atoms with Crippen molar-refractivity contribution < 1.29 is 34.1 Å². The van der Waals surface area contributed by atoms with Gasteiger partial charge in [-0.05, 0) is 62.6 Å². The van der Waals surface area contributed by atoms with Crippen LogP contribution in [0.1, 0.15) is 66.5 Å². The lowest BCUT2D eigenvalue weighted by Gasteiger charge is -2.27. The predicted molar refractivity (Wildman–Crippen MR) is 183 cm³/mol. The Kier molecular flexibility index (Phi) is 12.5. The van der Waals surface area contributed by atoms with Gasteiger partial charge in [-0.15, -0.1) is 5.10 Å². The molecule has 49 heavy (non-hydrogen) atoms. The Bertz CT molecular complexity index is 1860. The van der Waals surface area contributed by atoms with Gasteiger partial charge in [0.15, 0.2) is 11.5 Å². The van der Waals surface area contributed by atoms with Crippen molar-refractivity contribution in [1.82, 2.24) is 19.7 Å². The topological polar surface area (TPSA) is 214 Å². The molecule has 6 N–H and O–H groups in total. The highest BCUT2D eigenvalue weighted by atomic mass is 16.5. The lowest BCUT2D eigenvalue weighted by Crippen LogP contribution is -2.40. The zero-order chi connectivity index (χ0) is 36.5. The molecule has 4 aromatic rings. The number of nitrogen functional groups attached to an aromatic ring is 1. The first-order valence-corrected chi connectivity index (χ1v) is 15.3. The number of aromatic nitrogens is 3. The van der Waals surface area contributed by atoms with Crippen molar-refractivity contribution >= 4 is 23.7 Å². The summed E-state index contributed by atoms with van der Waals surface area (Å²) in [5.41, 5.74) is 6.55. The highest BCUT2D eigenvalue weighted by molar-refractivity contribution is 5.95. The van der Waals surface area contributed by atoms with Crippen molar-refractivity contribution in [2.75, 3.05) is 27.3 Å². The van der Waals surface area contributed by atoms with E-state index < -0.39 is 29.0 Å². The van der Waals surface area contributed by atoms with Crippen LogP contribution in [-0.4, -0.2) is 80.9 Å². The normalized spacial score (nSPS) is 11.5. The largest absolute Gasteiger partial charge is 0.490 e. The van der Waals surface area contributed by atoms with Gasteiger partial charge in [0, 0.05) is 32.5 Å². The lowest BCUT2D eigenvalue weighted by atomic mass is 9.90. The molecule has 0 radical (unpaired) electrons. The van der Waals surface area contributed by atoms with Crippen LogP contribution in [0.3, 0.4) is 0 Å². The number of aromatic carboxylic acids is 1. The maximum atomic E-state index is 13.2. The Morgan fingerprint density at radius 1 is 1.02 bits per heavy atom. The second kappa shape index (κ2) is 16.3. The van der Waals surface area contributed by atoms with Crippen molar-refractivity contribution in [3.63, 3.8) is 0 Å². The summed E-state index contributed by atoms with van der Waals surface area (Å²) in [5.74, 6) is -1.42. The highest BCUT2D eigenvalue weighted by Crippen LogP contribution is 2.35. The zero-order valence-electron chi connectivity index (χ0n) is 28.3.